The number of rotatable bonds is 3. The zero-order chi connectivity index (χ0) is 15.6. The highest BCUT2D eigenvalue weighted by Crippen LogP contribution is 2.17. The van der Waals surface area contributed by atoms with Crippen LogP contribution in [0.2, 0.25) is 0 Å². The highest BCUT2D eigenvalue weighted by molar-refractivity contribution is 7.90. The molecule has 1 aromatic rings. The monoisotopic (exact) mass is 346 g/mol. The third-order valence-electron chi connectivity index (χ3n) is 4.04. The molecule has 0 aliphatic carbocycles. The van der Waals surface area contributed by atoms with E-state index in [2.05, 4.69) is 17.6 Å². The molecule has 3 unspecified atom stereocenters. The van der Waals surface area contributed by atoms with Crippen LogP contribution < -0.4 is 10.6 Å². The standard InChI is InChI=1S/C15H22N2O3S.ClH/c1-10-7-8-16-11(2)14(10)17-15(18)12-5-4-6-13(9-12)21(3,19)20;/h4-6,9-11,14,16H,7-8H2,1-3H3,(H,17,18);1H. The first-order valence-corrected chi connectivity index (χ1v) is 9.02. The van der Waals surface area contributed by atoms with Crippen molar-refractivity contribution in [3.63, 3.8) is 0 Å². The molecular weight excluding hydrogens is 324 g/mol. The maximum Gasteiger partial charge on any atom is 0.251 e. The third-order valence-corrected chi connectivity index (χ3v) is 5.15. The Morgan fingerprint density at radius 2 is 2.00 bits per heavy atom. The molecule has 1 fully saturated rings. The van der Waals surface area contributed by atoms with Crippen LogP contribution in [-0.4, -0.2) is 39.2 Å². The lowest BCUT2D eigenvalue weighted by molar-refractivity contribution is 0.0897. The molecule has 1 aliphatic rings. The van der Waals surface area contributed by atoms with Crippen LogP contribution in [0.5, 0.6) is 0 Å². The van der Waals surface area contributed by atoms with Crippen molar-refractivity contribution in [2.24, 2.45) is 5.92 Å². The molecule has 3 atom stereocenters. The van der Waals surface area contributed by atoms with E-state index >= 15 is 0 Å². The van der Waals surface area contributed by atoms with Crippen molar-refractivity contribution in [3.8, 4) is 0 Å². The quantitative estimate of drug-likeness (QED) is 0.872. The first-order valence-electron chi connectivity index (χ1n) is 7.13. The molecule has 0 aromatic heterocycles. The van der Waals surface area contributed by atoms with E-state index in [-0.39, 0.29) is 35.3 Å². The molecule has 1 aromatic carbocycles. The number of hydrogen-bond donors (Lipinski definition) is 2. The predicted molar refractivity (Wildman–Crippen MR) is 89.3 cm³/mol. The SMILES string of the molecule is CC1CCNC(C)C1NC(=O)c1cccc(S(C)(=O)=O)c1.Cl. The average Bonchev–Trinajstić information content (AvgIpc) is 2.42. The first kappa shape index (κ1) is 18.9. The van der Waals surface area contributed by atoms with Gasteiger partial charge in [0.15, 0.2) is 9.84 Å². The molecule has 7 heteroatoms. The minimum atomic E-state index is -3.31. The van der Waals surface area contributed by atoms with Gasteiger partial charge in [-0.05, 0) is 44.0 Å². The van der Waals surface area contributed by atoms with Crippen LogP contribution in [0.3, 0.4) is 0 Å². The Balaban J connectivity index is 0.00000242. The van der Waals surface area contributed by atoms with Crippen LogP contribution >= 0.6 is 12.4 Å². The molecule has 1 amide bonds. The Bertz CT molecular complexity index is 623. The summed E-state index contributed by atoms with van der Waals surface area (Å²) in [5.41, 5.74) is 0.378. The number of piperidine rings is 1. The molecule has 1 aliphatic heterocycles. The highest BCUT2D eigenvalue weighted by Gasteiger charge is 2.29. The Morgan fingerprint density at radius 1 is 1.32 bits per heavy atom. The van der Waals surface area contributed by atoms with Gasteiger partial charge in [0, 0.05) is 23.9 Å². The van der Waals surface area contributed by atoms with Gasteiger partial charge < -0.3 is 10.6 Å². The molecule has 0 saturated carbocycles. The van der Waals surface area contributed by atoms with Gasteiger partial charge in [0.1, 0.15) is 0 Å². The van der Waals surface area contributed by atoms with Gasteiger partial charge in [0.05, 0.1) is 4.90 Å². The van der Waals surface area contributed by atoms with E-state index in [9.17, 15) is 13.2 Å². The van der Waals surface area contributed by atoms with E-state index in [1.807, 2.05) is 6.92 Å². The van der Waals surface area contributed by atoms with Gasteiger partial charge in [-0.25, -0.2) is 8.42 Å². The van der Waals surface area contributed by atoms with Gasteiger partial charge in [0.25, 0.3) is 5.91 Å². The van der Waals surface area contributed by atoms with E-state index in [1.165, 1.54) is 12.1 Å². The van der Waals surface area contributed by atoms with Crippen molar-refractivity contribution >= 4 is 28.2 Å². The van der Waals surface area contributed by atoms with Crippen molar-refractivity contribution in [2.45, 2.75) is 37.2 Å². The molecule has 0 radical (unpaired) electrons. The lowest BCUT2D eigenvalue weighted by Crippen LogP contribution is -2.55. The molecule has 2 rings (SSSR count). The Labute approximate surface area is 138 Å². The largest absolute Gasteiger partial charge is 0.347 e. The second-order valence-electron chi connectivity index (χ2n) is 5.81. The fourth-order valence-electron chi connectivity index (χ4n) is 2.71. The average molecular weight is 347 g/mol. The second-order valence-corrected chi connectivity index (χ2v) is 7.82. The predicted octanol–water partition coefficient (Wildman–Crippen LogP) is 1.63. The second kappa shape index (κ2) is 7.44. The van der Waals surface area contributed by atoms with E-state index in [4.69, 9.17) is 0 Å². The van der Waals surface area contributed by atoms with Crippen molar-refractivity contribution < 1.29 is 13.2 Å². The summed E-state index contributed by atoms with van der Waals surface area (Å²) in [5, 5.41) is 6.36. The van der Waals surface area contributed by atoms with Crippen molar-refractivity contribution in [3.05, 3.63) is 29.8 Å². The number of benzene rings is 1. The maximum atomic E-state index is 12.3. The minimum absolute atomic E-state index is 0. The number of carbonyl (C=O) groups excluding carboxylic acids is 1. The molecular formula is C15H23ClN2O3S. The van der Waals surface area contributed by atoms with E-state index < -0.39 is 9.84 Å². The smallest absolute Gasteiger partial charge is 0.251 e. The third kappa shape index (κ3) is 4.44. The number of hydrogen-bond acceptors (Lipinski definition) is 4. The summed E-state index contributed by atoms with van der Waals surface area (Å²) in [4.78, 5) is 12.5. The number of halogens is 1. The summed E-state index contributed by atoms with van der Waals surface area (Å²) in [6, 6.07) is 6.41. The summed E-state index contributed by atoms with van der Waals surface area (Å²) >= 11 is 0. The lowest BCUT2D eigenvalue weighted by atomic mass is 9.89. The highest BCUT2D eigenvalue weighted by atomic mass is 35.5. The summed E-state index contributed by atoms with van der Waals surface area (Å²) in [5.74, 6) is 0.163. The van der Waals surface area contributed by atoms with E-state index in [0.717, 1.165) is 19.2 Å². The van der Waals surface area contributed by atoms with Gasteiger partial charge >= 0.3 is 0 Å². The summed E-state index contributed by atoms with van der Waals surface area (Å²) in [6.45, 7) is 5.13. The number of nitrogens with one attached hydrogen (secondary N) is 2. The summed E-state index contributed by atoms with van der Waals surface area (Å²) in [7, 11) is -3.31. The number of amides is 1. The van der Waals surface area contributed by atoms with Crippen LogP contribution in [0.25, 0.3) is 0 Å². The fraction of sp³-hybridized carbons (Fsp3) is 0.533. The molecule has 1 saturated heterocycles. The van der Waals surface area contributed by atoms with Crippen LogP contribution in [0, 0.1) is 5.92 Å². The van der Waals surface area contributed by atoms with E-state index in [0.29, 0.717) is 11.5 Å². The van der Waals surface area contributed by atoms with Crippen LogP contribution in [0.15, 0.2) is 29.2 Å². The van der Waals surface area contributed by atoms with Crippen LogP contribution in [-0.2, 0) is 9.84 Å². The maximum absolute atomic E-state index is 12.3. The lowest BCUT2D eigenvalue weighted by Gasteiger charge is -2.36. The van der Waals surface area contributed by atoms with Gasteiger partial charge in [0.2, 0.25) is 0 Å². The Hall–Kier alpha value is -1.11. The van der Waals surface area contributed by atoms with E-state index in [1.54, 1.807) is 12.1 Å². The van der Waals surface area contributed by atoms with Gasteiger partial charge in [-0.15, -0.1) is 12.4 Å². The molecule has 2 N–H and O–H groups in total. The normalized spacial score (nSPS) is 25.1. The van der Waals surface area contributed by atoms with Crippen LogP contribution in [0.4, 0.5) is 0 Å². The Morgan fingerprint density at radius 3 is 2.59 bits per heavy atom. The molecule has 0 bridgehead atoms. The molecule has 22 heavy (non-hydrogen) atoms. The number of carbonyl (C=O) groups is 1. The molecule has 124 valence electrons. The molecule has 0 spiro atoms. The summed E-state index contributed by atoms with van der Waals surface area (Å²) in [6.07, 6.45) is 2.15. The summed E-state index contributed by atoms with van der Waals surface area (Å²) < 4.78 is 23.1. The first-order chi connectivity index (χ1) is 9.79. The van der Waals surface area contributed by atoms with Gasteiger partial charge in [-0.3, -0.25) is 4.79 Å². The Kier molecular flexibility index (Phi) is 6.40. The van der Waals surface area contributed by atoms with Crippen molar-refractivity contribution in [2.75, 3.05) is 12.8 Å². The van der Waals surface area contributed by atoms with Crippen molar-refractivity contribution in [1.82, 2.24) is 10.6 Å². The van der Waals surface area contributed by atoms with Gasteiger partial charge in [-0.1, -0.05) is 13.0 Å². The topological polar surface area (TPSA) is 75.3 Å². The van der Waals surface area contributed by atoms with Crippen LogP contribution in [0.1, 0.15) is 30.6 Å². The fourth-order valence-corrected chi connectivity index (χ4v) is 3.37. The number of sulfone groups is 1. The molecule has 5 nitrogen and oxygen atoms in total. The molecule has 1 heterocycles. The minimum Gasteiger partial charge on any atom is -0.347 e. The van der Waals surface area contributed by atoms with Gasteiger partial charge in [-0.2, -0.15) is 0 Å². The zero-order valence-electron chi connectivity index (χ0n) is 13.0. The zero-order valence-corrected chi connectivity index (χ0v) is 14.6. The van der Waals surface area contributed by atoms with Crippen molar-refractivity contribution in [1.29, 1.82) is 0 Å².